The van der Waals surface area contributed by atoms with E-state index in [1.54, 1.807) is 0 Å². The summed E-state index contributed by atoms with van der Waals surface area (Å²) in [6, 6.07) is 0. The number of aliphatic hydroxyl groups is 1. The van der Waals surface area contributed by atoms with Gasteiger partial charge in [0.1, 0.15) is 0 Å². The monoisotopic (exact) mass is 156 g/mol. The molecule has 0 rings (SSSR count). The minimum absolute atomic E-state index is 0.000648. The lowest BCUT2D eigenvalue weighted by Crippen LogP contribution is -2.21. The van der Waals surface area contributed by atoms with E-state index in [9.17, 15) is 4.79 Å². The molecule has 11 heavy (non-hydrogen) atoms. The number of ketones is 1. The van der Waals surface area contributed by atoms with Crippen LogP contribution in [0.25, 0.3) is 0 Å². The minimum atomic E-state index is -0.369. The molecule has 0 aliphatic heterocycles. The first-order valence-electron chi connectivity index (χ1n) is 3.73. The maximum absolute atomic E-state index is 11.3. The average Bonchev–Trinajstić information content (AvgIpc) is 1.85. The maximum atomic E-state index is 11.3. The minimum Gasteiger partial charge on any atom is -0.396 e. The molecule has 0 radical (unpaired) electrons. The summed E-state index contributed by atoms with van der Waals surface area (Å²) in [5.74, 6) is 0.0338. The van der Waals surface area contributed by atoms with Gasteiger partial charge >= 0.3 is 0 Å². The van der Waals surface area contributed by atoms with Crippen molar-refractivity contribution >= 4 is 5.78 Å². The fourth-order valence-electron chi connectivity index (χ4n) is 0.779. The molecule has 2 nitrogen and oxygen atoms in total. The average molecular weight is 156 g/mol. The molecular weight excluding hydrogens is 140 g/mol. The molecule has 0 saturated carbocycles. The summed E-state index contributed by atoms with van der Waals surface area (Å²) in [5, 5.41) is 8.54. The van der Waals surface area contributed by atoms with Gasteiger partial charge < -0.3 is 5.11 Å². The molecule has 0 aromatic carbocycles. The van der Waals surface area contributed by atoms with Crippen LogP contribution in [0.5, 0.6) is 0 Å². The summed E-state index contributed by atoms with van der Waals surface area (Å²) < 4.78 is 0. The van der Waals surface area contributed by atoms with Crippen molar-refractivity contribution in [2.24, 2.45) is 5.41 Å². The van der Waals surface area contributed by atoms with Crippen molar-refractivity contribution in [3.63, 3.8) is 0 Å². The van der Waals surface area contributed by atoms with E-state index in [0.717, 1.165) is 0 Å². The van der Waals surface area contributed by atoms with Crippen LogP contribution in [0, 0.1) is 5.41 Å². The summed E-state index contributed by atoms with van der Waals surface area (Å²) in [7, 11) is 0. The highest BCUT2D eigenvalue weighted by Gasteiger charge is 2.22. The molecule has 0 bridgehead atoms. The van der Waals surface area contributed by atoms with Gasteiger partial charge in [-0.2, -0.15) is 0 Å². The second kappa shape index (κ2) is 3.67. The van der Waals surface area contributed by atoms with Crippen LogP contribution in [-0.2, 0) is 4.79 Å². The van der Waals surface area contributed by atoms with Gasteiger partial charge in [0.2, 0.25) is 0 Å². The molecule has 0 atom stereocenters. The first kappa shape index (κ1) is 10.4. The third-order valence-electron chi connectivity index (χ3n) is 1.42. The summed E-state index contributed by atoms with van der Waals surface area (Å²) in [5.41, 5.74) is 0.145. The zero-order valence-corrected chi connectivity index (χ0v) is 7.48. The molecule has 0 fully saturated rings. The Hall–Kier alpha value is -0.630. The Morgan fingerprint density at radius 3 is 2.18 bits per heavy atom. The van der Waals surface area contributed by atoms with E-state index in [1.165, 1.54) is 0 Å². The third kappa shape index (κ3) is 3.33. The van der Waals surface area contributed by atoms with E-state index < -0.39 is 0 Å². The van der Waals surface area contributed by atoms with Crippen molar-refractivity contribution < 1.29 is 9.90 Å². The first-order chi connectivity index (χ1) is 4.89. The molecule has 0 spiro atoms. The van der Waals surface area contributed by atoms with Crippen molar-refractivity contribution in [3.05, 3.63) is 12.2 Å². The predicted octanol–water partition coefficient (Wildman–Crippen LogP) is 1.54. The van der Waals surface area contributed by atoms with Crippen LogP contribution < -0.4 is 0 Å². The van der Waals surface area contributed by atoms with Gasteiger partial charge in [0.25, 0.3) is 0 Å². The summed E-state index contributed by atoms with van der Waals surface area (Å²) in [6.45, 7) is 9.14. The number of aliphatic hydroxyl groups excluding tert-OH is 1. The molecule has 0 aliphatic rings. The van der Waals surface area contributed by atoms with E-state index in [1.807, 2.05) is 20.8 Å². The SMILES string of the molecule is C=C(CCO)C(=O)C(C)(C)C. The highest BCUT2D eigenvalue weighted by molar-refractivity contribution is 5.98. The van der Waals surface area contributed by atoms with Gasteiger partial charge in [-0.3, -0.25) is 4.79 Å². The van der Waals surface area contributed by atoms with Crippen LogP contribution in [0.4, 0.5) is 0 Å². The quantitative estimate of drug-likeness (QED) is 0.629. The van der Waals surface area contributed by atoms with Gasteiger partial charge in [-0.15, -0.1) is 0 Å². The van der Waals surface area contributed by atoms with Gasteiger partial charge in [-0.25, -0.2) is 0 Å². The Morgan fingerprint density at radius 1 is 1.45 bits per heavy atom. The normalized spacial score (nSPS) is 11.3. The van der Waals surface area contributed by atoms with E-state index in [-0.39, 0.29) is 17.8 Å². The Labute approximate surface area is 67.9 Å². The van der Waals surface area contributed by atoms with Gasteiger partial charge in [0, 0.05) is 12.0 Å². The van der Waals surface area contributed by atoms with Crippen LogP contribution in [-0.4, -0.2) is 17.5 Å². The van der Waals surface area contributed by atoms with E-state index >= 15 is 0 Å². The molecule has 0 aromatic heterocycles. The van der Waals surface area contributed by atoms with Gasteiger partial charge in [0.05, 0.1) is 0 Å². The Morgan fingerprint density at radius 2 is 1.91 bits per heavy atom. The second-order valence-corrected chi connectivity index (χ2v) is 3.66. The fraction of sp³-hybridized carbons (Fsp3) is 0.667. The molecule has 0 heterocycles. The number of Topliss-reactive ketones (excluding diaryl/α,β-unsaturated/α-hetero) is 1. The lowest BCUT2D eigenvalue weighted by atomic mass is 9.86. The van der Waals surface area contributed by atoms with Crippen molar-refractivity contribution in [1.82, 2.24) is 0 Å². The van der Waals surface area contributed by atoms with Crippen molar-refractivity contribution in [2.75, 3.05) is 6.61 Å². The fourth-order valence-corrected chi connectivity index (χ4v) is 0.779. The lowest BCUT2D eigenvalue weighted by Gasteiger charge is -2.17. The van der Waals surface area contributed by atoms with Crippen LogP contribution in [0.3, 0.4) is 0 Å². The smallest absolute Gasteiger partial charge is 0.163 e. The van der Waals surface area contributed by atoms with E-state index in [2.05, 4.69) is 6.58 Å². The summed E-state index contributed by atoms with van der Waals surface area (Å²) in [6.07, 6.45) is 0.385. The Balaban J connectivity index is 4.15. The summed E-state index contributed by atoms with van der Waals surface area (Å²) >= 11 is 0. The molecule has 0 amide bonds. The highest BCUT2D eigenvalue weighted by Crippen LogP contribution is 2.20. The molecule has 0 unspecified atom stereocenters. The van der Waals surface area contributed by atoms with Crippen molar-refractivity contribution in [2.45, 2.75) is 27.2 Å². The Kier molecular flexibility index (Phi) is 3.46. The molecule has 64 valence electrons. The summed E-state index contributed by atoms with van der Waals surface area (Å²) in [4.78, 5) is 11.3. The Bertz CT molecular complexity index is 163. The van der Waals surface area contributed by atoms with Crippen molar-refractivity contribution in [1.29, 1.82) is 0 Å². The molecule has 0 aliphatic carbocycles. The molecule has 1 N–H and O–H groups in total. The zero-order chi connectivity index (χ0) is 9.07. The van der Waals surface area contributed by atoms with E-state index in [0.29, 0.717) is 12.0 Å². The van der Waals surface area contributed by atoms with E-state index in [4.69, 9.17) is 5.11 Å². The molecular formula is C9H16O2. The standard InChI is InChI=1S/C9H16O2/c1-7(5-6-10)8(11)9(2,3)4/h10H,1,5-6H2,2-4H3. The predicted molar refractivity (Wildman–Crippen MR) is 45.3 cm³/mol. The van der Waals surface area contributed by atoms with Gasteiger partial charge in [-0.1, -0.05) is 27.4 Å². The van der Waals surface area contributed by atoms with Crippen LogP contribution >= 0.6 is 0 Å². The highest BCUT2D eigenvalue weighted by atomic mass is 16.3. The molecule has 0 saturated heterocycles. The largest absolute Gasteiger partial charge is 0.396 e. The van der Waals surface area contributed by atoms with Crippen LogP contribution in [0.15, 0.2) is 12.2 Å². The zero-order valence-electron chi connectivity index (χ0n) is 7.48. The number of rotatable bonds is 3. The first-order valence-corrected chi connectivity index (χ1v) is 3.73. The van der Waals surface area contributed by atoms with Crippen LogP contribution in [0.2, 0.25) is 0 Å². The van der Waals surface area contributed by atoms with Gasteiger partial charge in [-0.05, 0) is 12.0 Å². The third-order valence-corrected chi connectivity index (χ3v) is 1.42. The van der Waals surface area contributed by atoms with Crippen LogP contribution in [0.1, 0.15) is 27.2 Å². The topological polar surface area (TPSA) is 37.3 Å². The molecule has 0 aromatic rings. The van der Waals surface area contributed by atoms with Gasteiger partial charge in [0.15, 0.2) is 5.78 Å². The van der Waals surface area contributed by atoms with Crippen molar-refractivity contribution in [3.8, 4) is 0 Å². The second-order valence-electron chi connectivity index (χ2n) is 3.66. The number of hydrogen-bond donors (Lipinski definition) is 1. The number of carbonyl (C=O) groups is 1. The maximum Gasteiger partial charge on any atom is 0.163 e. The lowest BCUT2D eigenvalue weighted by molar-refractivity contribution is -0.122. The number of carbonyl (C=O) groups excluding carboxylic acids is 1. The molecule has 2 heteroatoms. The number of hydrogen-bond acceptors (Lipinski definition) is 2.